The summed E-state index contributed by atoms with van der Waals surface area (Å²) in [6.45, 7) is 0. The maximum absolute atomic E-state index is 12.0. The van der Waals surface area contributed by atoms with Gasteiger partial charge in [0.25, 0.3) is 5.91 Å². The van der Waals surface area contributed by atoms with Crippen molar-refractivity contribution in [1.82, 2.24) is 10.4 Å². The molecule has 140 valence electrons. The van der Waals surface area contributed by atoms with Crippen LogP contribution in [0.3, 0.4) is 0 Å². The predicted octanol–water partition coefficient (Wildman–Crippen LogP) is 3.26. The van der Waals surface area contributed by atoms with E-state index in [4.69, 9.17) is 9.47 Å². The summed E-state index contributed by atoms with van der Waals surface area (Å²) in [5.74, 6) is 0.392. The first-order valence-corrected chi connectivity index (χ1v) is 9.66. The van der Waals surface area contributed by atoms with E-state index in [1.165, 1.54) is 32.2 Å². The molecule has 1 aromatic heterocycles. The Hall–Kier alpha value is -2.78. The number of methoxy groups -OCH3 is 2. The van der Waals surface area contributed by atoms with Gasteiger partial charge in [0.15, 0.2) is 15.8 Å². The number of hydrazone groups is 1. The third-order valence-corrected chi connectivity index (χ3v) is 5.69. The Morgan fingerprint density at radius 3 is 2.67 bits per heavy atom. The molecule has 0 unspecified atom stereocenters. The lowest BCUT2D eigenvalue weighted by Crippen LogP contribution is -2.19. The average molecular weight is 403 g/mol. The fourth-order valence-corrected chi connectivity index (χ4v) is 4.10. The number of nitrogens with one attached hydrogen (secondary N) is 1. The molecule has 27 heavy (non-hydrogen) atoms. The van der Waals surface area contributed by atoms with Crippen LogP contribution in [0.4, 0.5) is 0 Å². The van der Waals surface area contributed by atoms with Crippen LogP contribution < -0.4 is 14.9 Å². The Bertz CT molecular complexity index is 930. The third kappa shape index (κ3) is 4.69. The van der Waals surface area contributed by atoms with Crippen molar-refractivity contribution in [3.05, 3.63) is 42.0 Å². The van der Waals surface area contributed by atoms with Gasteiger partial charge in [0.2, 0.25) is 5.75 Å². The summed E-state index contributed by atoms with van der Waals surface area (Å²) in [5, 5.41) is 13.8. The number of thiazole rings is 1. The van der Waals surface area contributed by atoms with Crippen molar-refractivity contribution in [2.75, 3.05) is 20.0 Å². The Morgan fingerprint density at radius 2 is 2.00 bits per heavy atom. The van der Waals surface area contributed by atoms with Crippen LogP contribution in [0.25, 0.3) is 10.2 Å². The first-order chi connectivity index (χ1) is 13.1. The monoisotopic (exact) mass is 403 g/mol. The van der Waals surface area contributed by atoms with Gasteiger partial charge in [0.05, 0.1) is 36.4 Å². The minimum Gasteiger partial charge on any atom is -0.502 e. The largest absolute Gasteiger partial charge is 0.502 e. The highest BCUT2D eigenvalue weighted by Gasteiger charge is 2.10. The summed E-state index contributed by atoms with van der Waals surface area (Å²) in [5.41, 5.74) is 4.01. The van der Waals surface area contributed by atoms with E-state index in [-0.39, 0.29) is 28.9 Å². The second-order valence-electron chi connectivity index (χ2n) is 5.30. The standard InChI is InChI=1S/C18H17N3O4S2/c1-24-13-7-11(8-14(25-2)17(13)23)9-19-21-16(22)10-26-18-20-12-5-3-4-6-15(12)27-18/h3-9,23H,10H2,1-2H3,(H,21,22)/b19-9-. The van der Waals surface area contributed by atoms with Crippen molar-refractivity contribution in [2.24, 2.45) is 5.10 Å². The van der Waals surface area contributed by atoms with E-state index in [1.807, 2.05) is 24.3 Å². The van der Waals surface area contributed by atoms with Crippen LogP contribution in [-0.4, -0.2) is 42.2 Å². The number of nitrogens with zero attached hydrogens (tertiary/aromatic N) is 2. The van der Waals surface area contributed by atoms with Gasteiger partial charge < -0.3 is 14.6 Å². The Kier molecular flexibility index (Phi) is 6.15. The minimum atomic E-state index is -0.242. The highest BCUT2D eigenvalue weighted by Crippen LogP contribution is 2.36. The van der Waals surface area contributed by atoms with Gasteiger partial charge in [-0.25, -0.2) is 10.4 Å². The lowest BCUT2D eigenvalue weighted by Gasteiger charge is -2.09. The molecule has 0 atom stereocenters. The first kappa shape index (κ1) is 19.0. The van der Waals surface area contributed by atoms with Gasteiger partial charge in [-0.3, -0.25) is 4.79 Å². The number of ether oxygens (including phenoxy) is 2. The number of hydrogen-bond acceptors (Lipinski definition) is 8. The molecule has 0 spiro atoms. The number of fused-ring (bicyclic) bond motifs is 1. The van der Waals surface area contributed by atoms with Crippen LogP contribution in [0.15, 0.2) is 45.8 Å². The number of phenols is 1. The Morgan fingerprint density at radius 1 is 1.30 bits per heavy atom. The maximum Gasteiger partial charge on any atom is 0.250 e. The van der Waals surface area contributed by atoms with Crippen LogP contribution >= 0.6 is 23.1 Å². The zero-order valence-electron chi connectivity index (χ0n) is 14.6. The number of amides is 1. The summed E-state index contributed by atoms with van der Waals surface area (Å²) in [6, 6.07) is 11.0. The zero-order valence-corrected chi connectivity index (χ0v) is 16.3. The lowest BCUT2D eigenvalue weighted by atomic mass is 10.2. The van der Waals surface area contributed by atoms with Gasteiger partial charge in [-0.05, 0) is 24.3 Å². The van der Waals surface area contributed by atoms with Gasteiger partial charge in [-0.1, -0.05) is 23.9 Å². The molecule has 3 rings (SSSR count). The molecule has 1 amide bonds. The number of aromatic hydroxyl groups is 1. The van der Waals surface area contributed by atoms with Crippen molar-refractivity contribution < 1.29 is 19.4 Å². The first-order valence-electron chi connectivity index (χ1n) is 7.86. The molecule has 1 heterocycles. The van der Waals surface area contributed by atoms with Crippen LogP contribution in [0.1, 0.15) is 5.56 Å². The van der Waals surface area contributed by atoms with E-state index in [9.17, 15) is 9.90 Å². The lowest BCUT2D eigenvalue weighted by molar-refractivity contribution is -0.118. The maximum atomic E-state index is 12.0. The van der Waals surface area contributed by atoms with E-state index < -0.39 is 0 Å². The van der Waals surface area contributed by atoms with Crippen molar-refractivity contribution in [3.8, 4) is 17.2 Å². The Balaban J connectivity index is 1.57. The summed E-state index contributed by atoms with van der Waals surface area (Å²) < 4.78 is 12.1. The molecule has 2 N–H and O–H groups in total. The molecule has 0 fully saturated rings. The number of aromatic nitrogens is 1. The normalized spacial score (nSPS) is 11.0. The topological polar surface area (TPSA) is 93.0 Å². The van der Waals surface area contributed by atoms with Crippen molar-refractivity contribution in [2.45, 2.75) is 4.34 Å². The van der Waals surface area contributed by atoms with Crippen molar-refractivity contribution in [1.29, 1.82) is 0 Å². The summed E-state index contributed by atoms with van der Waals surface area (Å²) in [7, 11) is 2.88. The van der Waals surface area contributed by atoms with E-state index in [0.717, 1.165) is 14.6 Å². The van der Waals surface area contributed by atoms with E-state index in [2.05, 4.69) is 15.5 Å². The third-order valence-electron chi connectivity index (χ3n) is 3.51. The zero-order chi connectivity index (χ0) is 19.2. The smallest absolute Gasteiger partial charge is 0.250 e. The number of benzene rings is 2. The number of hydrogen-bond donors (Lipinski definition) is 2. The van der Waals surface area contributed by atoms with Crippen LogP contribution in [0.2, 0.25) is 0 Å². The van der Waals surface area contributed by atoms with E-state index in [1.54, 1.807) is 23.5 Å². The van der Waals surface area contributed by atoms with Gasteiger partial charge in [-0.2, -0.15) is 5.10 Å². The second-order valence-corrected chi connectivity index (χ2v) is 7.56. The van der Waals surface area contributed by atoms with Gasteiger partial charge >= 0.3 is 0 Å². The SMILES string of the molecule is COc1cc(/C=N\NC(=O)CSc2nc3ccccc3s2)cc(OC)c1O. The number of carbonyl (C=O) groups excluding carboxylic acids is 1. The summed E-state index contributed by atoms with van der Waals surface area (Å²) >= 11 is 2.91. The van der Waals surface area contributed by atoms with Crippen molar-refractivity contribution in [3.63, 3.8) is 0 Å². The summed E-state index contributed by atoms with van der Waals surface area (Å²) in [4.78, 5) is 16.4. The number of carbonyl (C=O) groups is 1. The molecule has 0 aliphatic rings. The highest BCUT2D eigenvalue weighted by molar-refractivity contribution is 8.01. The van der Waals surface area contributed by atoms with Gasteiger partial charge in [0, 0.05) is 5.56 Å². The van der Waals surface area contributed by atoms with Crippen LogP contribution in [0.5, 0.6) is 17.2 Å². The quantitative estimate of drug-likeness (QED) is 0.357. The molecule has 0 bridgehead atoms. The molecule has 0 radical (unpaired) electrons. The molecule has 0 aliphatic carbocycles. The molecule has 0 saturated carbocycles. The van der Waals surface area contributed by atoms with Crippen LogP contribution in [-0.2, 0) is 4.79 Å². The molecule has 9 heteroatoms. The average Bonchev–Trinajstić information content (AvgIpc) is 3.10. The Labute approximate surface area is 164 Å². The molecule has 7 nitrogen and oxygen atoms in total. The molecule has 2 aromatic carbocycles. The van der Waals surface area contributed by atoms with Crippen LogP contribution in [0, 0.1) is 0 Å². The molecule has 0 aliphatic heterocycles. The van der Waals surface area contributed by atoms with E-state index >= 15 is 0 Å². The number of para-hydroxylation sites is 1. The molecular weight excluding hydrogens is 386 g/mol. The van der Waals surface area contributed by atoms with E-state index in [0.29, 0.717) is 5.56 Å². The second kappa shape index (κ2) is 8.74. The fourth-order valence-electron chi connectivity index (χ4n) is 2.24. The molecule has 0 saturated heterocycles. The van der Waals surface area contributed by atoms with Gasteiger partial charge in [0.1, 0.15) is 0 Å². The number of phenolic OH excluding ortho intramolecular Hbond substituents is 1. The fraction of sp³-hybridized carbons (Fsp3) is 0.167. The minimum absolute atomic E-state index is 0.0894. The summed E-state index contributed by atoms with van der Waals surface area (Å²) in [6.07, 6.45) is 1.45. The number of thioether (sulfide) groups is 1. The predicted molar refractivity (Wildman–Crippen MR) is 107 cm³/mol. The van der Waals surface area contributed by atoms with Crippen molar-refractivity contribution >= 4 is 45.4 Å². The molecular formula is C18H17N3O4S2. The number of rotatable bonds is 7. The molecule has 3 aromatic rings. The highest BCUT2D eigenvalue weighted by atomic mass is 32.2. The van der Waals surface area contributed by atoms with Gasteiger partial charge in [-0.15, -0.1) is 11.3 Å².